The first-order chi connectivity index (χ1) is 15.1. The highest BCUT2D eigenvalue weighted by atomic mass is 32.2. The molecule has 0 spiro atoms. The summed E-state index contributed by atoms with van der Waals surface area (Å²) in [5.41, 5.74) is 3.86. The van der Waals surface area contributed by atoms with E-state index in [0.29, 0.717) is 34.9 Å². The number of hydrogen-bond acceptors (Lipinski definition) is 6. The van der Waals surface area contributed by atoms with Gasteiger partial charge in [0.2, 0.25) is 0 Å². The zero-order chi connectivity index (χ0) is 21.4. The number of rotatable bonds is 5. The van der Waals surface area contributed by atoms with Crippen molar-refractivity contribution in [3.05, 3.63) is 82.1 Å². The Morgan fingerprint density at radius 1 is 1.13 bits per heavy atom. The highest BCUT2D eigenvalue weighted by molar-refractivity contribution is 8.00. The molecule has 31 heavy (non-hydrogen) atoms. The monoisotopic (exact) mass is 448 g/mol. The lowest BCUT2D eigenvalue weighted by molar-refractivity contribution is -0.137. The van der Waals surface area contributed by atoms with Crippen LogP contribution in [-0.4, -0.2) is 27.4 Å². The van der Waals surface area contributed by atoms with Gasteiger partial charge in [0.25, 0.3) is 5.56 Å². The topological polar surface area (TPSA) is 61.2 Å². The fourth-order valence-electron chi connectivity index (χ4n) is 3.56. The third-order valence-corrected chi connectivity index (χ3v) is 7.65. The van der Waals surface area contributed by atoms with Crippen molar-refractivity contribution < 1.29 is 9.53 Å². The number of carbonyl (C=O) groups excluding carboxylic acids is 1. The number of esters is 1. The third kappa shape index (κ3) is 4.03. The van der Waals surface area contributed by atoms with Crippen molar-refractivity contribution in [2.45, 2.75) is 30.3 Å². The van der Waals surface area contributed by atoms with Crippen LogP contribution in [0.25, 0.3) is 20.7 Å². The summed E-state index contributed by atoms with van der Waals surface area (Å²) in [6.07, 6.45) is 0.626. The highest BCUT2D eigenvalue weighted by Crippen LogP contribution is 2.34. The second kappa shape index (κ2) is 8.32. The van der Waals surface area contributed by atoms with E-state index in [9.17, 15) is 9.59 Å². The molecule has 1 aliphatic rings. The molecule has 0 aliphatic carbocycles. The van der Waals surface area contributed by atoms with Crippen molar-refractivity contribution >= 4 is 39.3 Å². The molecule has 0 radical (unpaired) electrons. The van der Waals surface area contributed by atoms with E-state index in [2.05, 4.69) is 31.2 Å². The number of benzene rings is 2. The molecule has 0 saturated carbocycles. The Morgan fingerprint density at radius 3 is 2.61 bits per heavy atom. The van der Waals surface area contributed by atoms with Gasteiger partial charge >= 0.3 is 5.97 Å². The van der Waals surface area contributed by atoms with Crippen LogP contribution in [-0.2, 0) is 16.1 Å². The van der Waals surface area contributed by atoms with Crippen LogP contribution in [0.4, 0.5) is 0 Å². The number of carbonyl (C=O) groups is 1. The van der Waals surface area contributed by atoms with Gasteiger partial charge in [0.05, 0.1) is 18.7 Å². The maximum atomic E-state index is 13.5. The molecular weight excluding hydrogens is 428 g/mol. The minimum absolute atomic E-state index is 0.0777. The van der Waals surface area contributed by atoms with Gasteiger partial charge in [0.1, 0.15) is 9.95 Å². The molecule has 0 unspecified atom stereocenters. The van der Waals surface area contributed by atoms with E-state index in [-0.39, 0.29) is 16.8 Å². The maximum Gasteiger partial charge on any atom is 0.319 e. The van der Waals surface area contributed by atoms with Gasteiger partial charge in [-0.15, -0.1) is 11.3 Å². The molecule has 4 aromatic rings. The second-order valence-electron chi connectivity index (χ2n) is 7.52. The number of cyclic esters (lactones) is 1. The normalized spacial score (nSPS) is 16.0. The molecule has 156 valence electrons. The summed E-state index contributed by atoms with van der Waals surface area (Å²) in [6.45, 7) is 2.87. The average Bonchev–Trinajstić information content (AvgIpc) is 3.39. The van der Waals surface area contributed by atoms with Crippen LogP contribution in [0.5, 0.6) is 0 Å². The predicted octanol–water partition coefficient (Wildman–Crippen LogP) is 4.89. The molecule has 1 saturated heterocycles. The fraction of sp³-hybridized carbons (Fsp3) is 0.208. The highest BCUT2D eigenvalue weighted by Gasteiger charge is 2.30. The first-order valence-electron chi connectivity index (χ1n) is 10.1. The Hall–Kier alpha value is -2.90. The van der Waals surface area contributed by atoms with Gasteiger partial charge in [-0.3, -0.25) is 14.2 Å². The molecule has 5 rings (SSSR count). The van der Waals surface area contributed by atoms with Gasteiger partial charge in [0.15, 0.2) is 5.16 Å². The van der Waals surface area contributed by atoms with E-state index in [1.54, 1.807) is 4.57 Å². The second-order valence-corrected chi connectivity index (χ2v) is 9.75. The molecule has 5 nitrogen and oxygen atoms in total. The summed E-state index contributed by atoms with van der Waals surface area (Å²) in [6, 6.07) is 20.0. The summed E-state index contributed by atoms with van der Waals surface area (Å²) >= 11 is 2.79. The van der Waals surface area contributed by atoms with Crippen LogP contribution in [0.1, 0.15) is 17.5 Å². The smallest absolute Gasteiger partial charge is 0.319 e. The first-order valence-corrected chi connectivity index (χ1v) is 11.8. The molecule has 0 amide bonds. The summed E-state index contributed by atoms with van der Waals surface area (Å²) in [5, 5.41) is 0.222. The van der Waals surface area contributed by atoms with Crippen molar-refractivity contribution in [3.63, 3.8) is 0 Å². The molecule has 3 heterocycles. The zero-order valence-corrected chi connectivity index (χ0v) is 18.5. The Labute approximate surface area is 187 Å². The minimum Gasteiger partial charge on any atom is -0.465 e. The number of nitrogens with zero attached hydrogens (tertiary/aromatic N) is 2. The van der Waals surface area contributed by atoms with E-state index in [1.807, 2.05) is 36.4 Å². The van der Waals surface area contributed by atoms with E-state index >= 15 is 0 Å². The van der Waals surface area contributed by atoms with Crippen molar-refractivity contribution in [2.75, 3.05) is 6.61 Å². The molecule has 1 atom stereocenters. The van der Waals surface area contributed by atoms with Gasteiger partial charge in [0, 0.05) is 11.3 Å². The third-order valence-electron chi connectivity index (χ3n) is 5.25. The molecule has 0 N–H and O–H groups in total. The van der Waals surface area contributed by atoms with Gasteiger partial charge in [-0.1, -0.05) is 71.9 Å². The average molecular weight is 449 g/mol. The summed E-state index contributed by atoms with van der Waals surface area (Å²) in [5.74, 6) is -0.240. The Bertz CT molecular complexity index is 1310. The maximum absolute atomic E-state index is 13.5. The number of aryl methyl sites for hydroxylation is 1. The Balaban J connectivity index is 1.62. The molecule has 2 aromatic heterocycles. The van der Waals surface area contributed by atoms with Crippen LogP contribution >= 0.6 is 23.1 Å². The number of fused-ring (bicyclic) bond motifs is 1. The van der Waals surface area contributed by atoms with Gasteiger partial charge < -0.3 is 4.74 Å². The molecule has 1 fully saturated rings. The number of aromatic nitrogens is 2. The largest absolute Gasteiger partial charge is 0.465 e. The summed E-state index contributed by atoms with van der Waals surface area (Å²) in [4.78, 5) is 31.4. The quantitative estimate of drug-likeness (QED) is 0.321. The van der Waals surface area contributed by atoms with Crippen LogP contribution in [0.2, 0.25) is 0 Å². The predicted molar refractivity (Wildman–Crippen MR) is 125 cm³/mol. The van der Waals surface area contributed by atoms with Crippen LogP contribution in [0.3, 0.4) is 0 Å². The molecule has 0 bridgehead atoms. The van der Waals surface area contributed by atoms with E-state index < -0.39 is 0 Å². The zero-order valence-electron chi connectivity index (χ0n) is 16.9. The molecule has 1 aliphatic heterocycles. The Morgan fingerprint density at radius 2 is 1.90 bits per heavy atom. The van der Waals surface area contributed by atoms with Crippen LogP contribution in [0.15, 0.2) is 70.6 Å². The minimum atomic E-state index is -0.332. The molecule has 7 heteroatoms. The summed E-state index contributed by atoms with van der Waals surface area (Å²) < 4.78 is 7.43. The van der Waals surface area contributed by atoms with Gasteiger partial charge in [-0.05, 0) is 24.1 Å². The van der Waals surface area contributed by atoms with E-state index in [4.69, 9.17) is 9.72 Å². The number of thioether (sulfide) groups is 1. The summed E-state index contributed by atoms with van der Waals surface area (Å²) in [7, 11) is 0. The van der Waals surface area contributed by atoms with Crippen molar-refractivity contribution in [1.29, 1.82) is 0 Å². The number of thiophene rings is 1. The first kappa shape index (κ1) is 20.0. The molecular formula is C24H20N2O3S2. The number of hydrogen-bond donors (Lipinski definition) is 0. The standard InChI is InChI=1S/C24H20N2O3S2/c1-15-7-9-17(10-8-15)20-13-18-21(30-20)22(27)26(14-16-5-3-2-4-6-16)24(25-18)31-19-11-12-29-23(19)28/h2-10,13,19H,11-12,14H2,1H3/t19-/m1/s1. The van der Waals surface area contributed by atoms with Gasteiger partial charge in [-0.2, -0.15) is 0 Å². The van der Waals surface area contributed by atoms with Gasteiger partial charge in [-0.25, -0.2) is 4.98 Å². The van der Waals surface area contributed by atoms with Crippen molar-refractivity contribution in [1.82, 2.24) is 9.55 Å². The molecule has 2 aromatic carbocycles. The lowest BCUT2D eigenvalue weighted by atomic mass is 10.1. The van der Waals surface area contributed by atoms with E-state index in [0.717, 1.165) is 16.0 Å². The van der Waals surface area contributed by atoms with Crippen molar-refractivity contribution in [3.8, 4) is 10.4 Å². The van der Waals surface area contributed by atoms with Crippen LogP contribution in [0, 0.1) is 6.92 Å². The van der Waals surface area contributed by atoms with Crippen molar-refractivity contribution in [2.24, 2.45) is 0 Å². The fourth-order valence-corrected chi connectivity index (χ4v) is 5.67. The number of ether oxygens (including phenoxy) is 1. The Kier molecular flexibility index (Phi) is 5.38. The SMILES string of the molecule is Cc1ccc(-c2cc3nc(S[C@@H]4CCOC4=O)n(Cc4ccccc4)c(=O)c3s2)cc1. The van der Waals surface area contributed by atoms with Crippen LogP contribution < -0.4 is 5.56 Å². The lowest BCUT2D eigenvalue weighted by Gasteiger charge is -2.13. The van der Waals surface area contributed by atoms with E-state index in [1.165, 1.54) is 28.7 Å². The lowest BCUT2D eigenvalue weighted by Crippen LogP contribution is -2.24.